The van der Waals surface area contributed by atoms with Crippen molar-refractivity contribution >= 4 is 5.91 Å². The van der Waals surface area contributed by atoms with E-state index in [9.17, 15) is 9.90 Å². The normalized spacial score (nSPS) is 10.1. The van der Waals surface area contributed by atoms with Crippen molar-refractivity contribution in [3.63, 3.8) is 0 Å². The van der Waals surface area contributed by atoms with Crippen molar-refractivity contribution in [2.24, 2.45) is 0 Å². The molecular formula is C11H11N3O3. The first-order valence-electron chi connectivity index (χ1n) is 5.04. The van der Waals surface area contributed by atoms with Crippen LogP contribution in [0.25, 0.3) is 0 Å². The minimum absolute atomic E-state index is 0.147. The van der Waals surface area contributed by atoms with Crippen LogP contribution in [0.5, 0.6) is 5.75 Å². The van der Waals surface area contributed by atoms with Gasteiger partial charge in [-0.2, -0.15) is 4.98 Å². The minimum Gasteiger partial charge on any atom is -0.508 e. The highest BCUT2D eigenvalue weighted by Gasteiger charge is 2.05. The number of phenols is 1. The SMILES string of the molecule is O=C(Cc1cccc(O)c1)NCc1ncon1. The van der Waals surface area contributed by atoms with Gasteiger partial charge in [-0.1, -0.05) is 17.3 Å². The molecule has 2 aromatic rings. The van der Waals surface area contributed by atoms with Crippen molar-refractivity contribution in [2.75, 3.05) is 0 Å². The Balaban J connectivity index is 1.85. The summed E-state index contributed by atoms with van der Waals surface area (Å²) in [4.78, 5) is 15.3. The number of amides is 1. The van der Waals surface area contributed by atoms with E-state index in [2.05, 4.69) is 20.0 Å². The number of aromatic hydroxyl groups is 1. The van der Waals surface area contributed by atoms with E-state index < -0.39 is 0 Å². The number of benzene rings is 1. The van der Waals surface area contributed by atoms with E-state index in [0.717, 1.165) is 5.56 Å². The van der Waals surface area contributed by atoms with Crippen molar-refractivity contribution in [3.8, 4) is 5.75 Å². The first-order chi connectivity index (χ1) is 8.24. The molecule has 0 aliphatic carbocycles. The molecule has 0 bridgehead atoms. The smallest absolute Gasteiger partial charge is 0.224 e. The Bertz CT molecular complexity index is 496. The second-order valence-electron chi connectivity index (χ2n) is 3.47. The number of carbonyl (C=O) groups excluding carboxylic acids is 1. The van der Waals surface area contributed by atoms with Gasteiger partial charge < -0.3 is 14.9 Å². The van der Waals surface area contributed by atoms with Crippen molar-refractivity contribution in [3.05, 3.63) is 42.0 Å². The summed E-state index contributed by atoms with van der Waals surface area (Å²) in [6, 6.07) is 6.57. The zero-order valence-corrected chi connectivity index (χ0v) is 8.96. The third-order valence-corrected chi connectivity index (χ3v) is 2.13. The standard InChI is InChI=1S/C11H11N3O3/c15-9-3-1-2-8(4-9)5-11(16)12-6-10-13-7-17-14-10/h1-4,7,15H,5-6H2,(H,12,16). The summed E-state index contributed by atoms with van der Waals surface area (Å²) in [5, 5.41) is 15.5. The fraction of sp³-hybridized carbons (Fsp3) is 0.182. The molecule has 1 aromatic heterocycles. The summed E-state index contributed by atoms with van der Waals surface area (Å²) < 4.78 is 4.54. The molecule has 0 aliphatic rings. The quantitative estimate of drug-likeness (QED) is 0.808. The van der Waals surface area contributed by atoms with Gasteiger partial charge in [0.2, 0.25) is 12.3 Å². The zero-order chi connectivity index (χ0) is 12.1. The predicted octanol–water partition coefficient (Wildman–Crippen LogP) is 0.634. The molecule has 1 aromatic carbocycles. The van der Waals surface area contributed by atoms with Crippen LogP contribution in [-0.4, -0.2) is 21.2 Å². The monoisotopic (exact) mass is 233 g/mol. The predicted molar refractivity (Wildman–Crippen MR) is 58.0 cm³/mol. The Morgan fingerprint density at radius 1 is 1.47 bits per heavy atom. The summed E-state index contributed by atoms with van der Waals surface area (Å²) in [5.74, 6) is 0.406. The molecule has 6 heteroatoms. The van der Waals surface area contributed by atoms with E-state index in [1.54, 1.807) is 24.3 Å². The van der Waals surface area contributed by atoms with E-state index in [0.29, 0.717) is 5.82 Å². The summed E-state index contributed by atoms with van der Waals surface area (Å²) in [5.41, 5.74) is 0.746. The van der Waals surface area contributed by atoms with Crippen molar-refractivity contribution in [2.45, 2.75) is 13.0 Å². The van der Waals surface area contributed by atoms with E-state index in [1.807, 2.05) is 0 Å². The van der Waals surface area contributed by atoms with Crippen molar-refractivity contribution < 1.29 is 14.4 Å². The Morgan fingerprint density at radius 2 is 2.35 bits per heavy atom. The maximum Gasteiger partial charge on any atom is 0.224 e. The lowest BCUT2D eigenvalue weighted by molar-refractivity contribution is -0.120. The first-order valence-corrected chi connectivity index (χ1v) is 5.04. The van der Waals surface area contributed by atoms with Crippen LogP contribution >= 0.6 is 0 Å². The topological polar surface area (TPSA) is 88.2 Å². The van der Waals surface area contributed by atoms with E-state index in [1.165, 1.54) is 6.39 Å². The Kier molecular flexibility index (Phi) is 3.34. The maximum atomic E-state index is 11.5. The van der Waals surface area contributed by atoms with Crippen LogP contribution in [0.15, 0.2) is 35.2 Å². The lowest BCUT2D eigenvalue weighted by Gasteiger charge is -2.03. The molecule has 1 heterocycles. The van der Waals surface area contributed by atoms with Crippen LogP contribution in [0, 0.1) is 0 Å². The fourth-order valence-corrected chi connectivity index (χ4v) is 1.36. The third-order valence-electron chi connectivity index (χ3n) is 2.13. The summed E-state index contributed by atoms with van der Waals surface area (Å²) in [6.45, 7) is 0.230. The molecule has 0 spiro atoms. The average molecular weight is 233 g/mol. The van der Waals surface area contributed by atoms with Crippen LogP contribution in [0.4, 0.5) is 0 Å². The molecule has 2 N–H and O–H groups in total. The molecule has 0 unspecified atom stereocenters. The van der Waals surface area contributed by atoms with Gasteiger partial charge in [-0.25, -0.2) is 0 Å². The Labute approximate surface area is 97.3 Å². The Hall–Kier alpha value is -2.37. The lowest BCUT2D eigenvalue weighted by atomic mass is 10.1. The third kappa shape index (κ3) is 3.30. The molecule has 1 amide bonds. The number of nitrogens with zero attached hydrogens (tertiary/aromatic N) is 2. The van der Waals surface area contributed by atoms with Crippen LogP contribution in [0.2, 0.25) is 0 Å². The Morgan fingerprint density at radius 3 is 3.06 bits per heavy atom. The number of rotatable bonds is 4. The van der Waals surface area contributed by atoms with Crippen LogP contribution in [-0.2, 0) is 17.8 Å². The first kappa shape index (κ1) is 11.1. The molecule has 0 saturated heterocycles. The highest BCUT2D eigenvalue weighted by atomic mass is 16.5. The number of nitrogens with one attached hydrogen (secondary N) is 1. The van der Waals surface area contributed by atoms with Crippen molar-refractivity contribution in [1.29, 1.82) is 0 Å². The molecule has 0 fully saturated rings. The second-order valence-corrected chi connectivity index (χ2v) is 3.47. The highest BCUT2D eigenvalue weighted by Crippen LogP contribution is 2.11. The number of phenolic OH excluding ortho intramolecular Hbond substituents is 1. The molecule has 0 radical (unpaired) electrons. The van der Waals surface area contributed by atoms with E-state index >= 15 is 0 Å². The van der Waals surface area contributed by atoms with Gasteiger partial charge in [-0.05, 0) is 17.7 Å². The largest absolute Gasteiger partial charge is 0.508 e. The molecule has 6 nitrogen and oxygen atoms in total. The highest BCUT2D eigenvalue weighted by molar-refractivity contribution is 5.78. The van der Waals surface area contributed by atoms with Gasteiger partial charge in [-0.15, -0.1) is 0 Å². The number of hydrogen-bond donors (Lipinski definition) is 2. The van der Waals surface area contributed by atoms with Gasteiger partial charge in [-0.3, -0.25) is 4.79 Å². The van der Waals surface area contributed by atoms with Crippen LogP contribution in [0.3, 0.4) is 0 Å². The lowest BCUT2D eigenvalue weighted by Crippen LogP contribution is -2.25. The minimum atomic E-state index is -0.166. The van der Waals surface area contributed by atoms with Crippen molar-refractivity contribution in [1.82, 2.24) is 15.5 Å². The molecule has 0 saturated carbocycles. The van der Waals surface area contributed by atoms with Gasteiger partial charge in [0.15, 0.2) is 5.82 Å². The van der Waals surface area contributed by atoms with Gasteiger partial charge >= 0.3 is 0 Å². The molecular weight excluding hydrogens is 222 g/mol. The van der Waals surface area contributed by atoms with E-state index in [-0.39, 0.29) is 24.6 Å². The van der Waals surface area contributed by atoms with Gasteiger partial charge in [0.25, 0.3) is 0 Å². The number of carbonyl (C=O) groups is 1. The molecule has 0 aliphatic heterocycles. The van der Waals surface area contributed by atoms with Crippen LogP contribution in [0.1, 0.15) is 11.4 Å². The summed E-state index contributed by atoms with van der Waals surface area (Å²) >= 11 is 0. The van der Waals surface area contributed by atoms with Gasteiger partial charge in [0, 0.05) is 0 Å². The fourth-order valence-electron chi connectivity index (χ4n) is 1.36. The zero-order valence-electron chi connectivity index (χ0n) is 8.96. The summed E-state index contributed by atoms with van der Waals surface area (Å²) in [6.07, 6.45) is 1.41. The number of aromatic nitrogens is 2. The van der Waals surface area contributed by atoms with Crippen LogP contribution < -0.4 is 5.32 Å². The number of hydrogen-bond acceptors (Lipinski definition) is 5. The molecule has 88 valence electrons. The van der Waals surface area contributed by atoms with Gasteiger partial charge in [0.1, 0.15) is 5.75 Å². The average Bonchev–Trinajstić information content (AvgIpc) is 2.79. The molecule has 0 atom stereocenters. The van der Waals surface area contributed by atoms with Gasteiger partial charge in [0.05, 0.1) is 13.0 Å². The molecule has 2 rings (SSSR count). The van der Waals surface area contributed by atoms with E-state index in [4.69, 9.17) is 0 Å². The maximum absolute atomic E-state index is 11.5. The molecule has 17 heavy (non-hydrogen) atoms. The second kappa shape index (κ2) is 5.11. The summed E-state index contributed by atoms with van der Waals surface area (Å²) in [7, 11) is 0.